The summed E-state index contributed by atoms with van der Waals surface area (Å²) < 4.78 is 0. The summed E-state index contributed by atoms with van der Waals surface area (Å²) in [4.78, 5) is 19.2. The predicted octanol–water partition coefficient (Wildman–Crippen LogP) is 0.398. The van der Waals surface area contributed by atoms with Crippen molar-refractivity contribution in [2.24, 2.45) is 11.7 Å². The number of anilines is 1. The Morgan fingerprint density at radius 3 is 2.50 bits per heavy atom. The van der Waals surface area contributed by atoms with Crippen LogP contribution in [0.2, 0.25) is 0 Å². The second-order valence-corrected chi connectivity index (χ2v) is 3.21. The first-order valence-corrected chi connectivity index (χ1v) is 4.44. The minimum absolute atomic E-state index is 0.161. The SMILES string of the molecule is CC(N)C(C)C(=O)Nc1ncccn1. The van der Waals surface area contributed by atoms with Crippen molar-refractivity contribution in [1.29, 1.82) is 0 Å². The summed E-state index contributed by atoms with van der Waals surface area (Å²) in [6.45, 7) is 3.55. The van der Waals surface area contributed by atoms with Crippen molar-refractivity contribution in [3.05, 3.63) is 18.5 Å². The lowest BCUT2D eigenvalue weighted by atomic mass is 10.0. The Kier molecular flexibility index (Phi) is 3.53. The molecule has 14 heavy (non-hydrogen) atoms. The van der Waals surface area contributed by atoms with Gasteiger partial charge in [-0.15, -0.1) is 0 Å². The van der Waals surface area contributed by atoms with Crippen LogP contribution in [0.3, 0.4) is 0 Å². The number of carbonyl (C=O) groups excluding carboxylic acids is 1. The highest BCUT2D eigenvalue weighted by molar-refractivity contribution is 5.91. The van der Waals surface area contributed by atoms with Crippen LogP contribution in [0, 0.1) is 5.92 Å². The van der Waals surface area contributed by atoms with Gasteiger partial charge in [-0.3, -0.25) is 10.1 Å². The maximum atomic E-state index is 11.5. The fourth-order valence-electron chi connectivity index (χ4n) is 0.826. The molecule has 1 aromatic rings. The molecule has 0 saturated carbocycles. The number of nitrogens with two attached hydrogens (primary N) is 1. The van der Waals surface area contributed by atoms with E-state index in [2.05, 4.69) is 15.3 Å². The van der Waals surface area contributed by atoms with Gasteiger partial charge in [0, 0.05) is 18.4 Å². The number of rotatable bonds is 3. The zero-order valence-electron chi connectivity index (χ0n) is 8.27. The third kappa shape index (κ3) is 2.77. The molecule has 0 fully saturated rings. The van der Waals surface area contributed by atoms with Gasteiger partial charge in [0.1, 0.15) is 0 Å². The van der Waals surface area contributed by atoms with Gasteiger partial charge in [-0.25, -0.2) is 9.97 Å². The van der Waals surface area contributed by atoms with Crippen LogP contribution in [0.5, 0.6) is 0 Å². The van der Waals surface area contributed by atoms with E-state index in [0.717, 1.165) is 0 Å². The molecule has 2 unspecified atom stereocenters. The normalized spacial score (nSPS) is 14.5. The Hall–Kier alpha value is -1.49. The van der Waals surface area contributed by atoms with E-state index >= 15 is 0 Å². The molecule has 0 aliphatic heterocycles. The molecule has 1 rings (SSSR count). The van der Waals surface area contributed by atoms with Crippen molar-refractivity contribution in [3.8, 4) is 0 Å². The van der Waals surface area contributed by atoms with Crippen LogP contribution in [0.1, 0.15) is 13.8 Å². The van der Waals surface area contributed by atoms with Crippen LogP contribution in [0.4, 0.5) is 5.95 Å². The van der Waals surface area contributed by atoms with E-state index in [4.69, 9.17) is 5.73 Å². The van der Waals surface area contributed by atoms with Crippen molar-refractivity contribution in [3.63, 3.8) is 0 Å². The molecule has 1 heterocycles. The lowest BCUT2D eigenvalue weighted by molar-refractivity contribution is -0.119. The van der Waals surface area contributed by atoms with Crippen molar-refractivity contribution < 1.29 is 4.79 Å². The molecule has 0 spiro atoms. The molecule has 0 bridgehead atoms. The molecule has 2 atom stereocenters. The van der Waals surface area contributed by atoms with Gasteiger partial charge in [0.25, 0.3) is 0 Å². The van der Waals surface area contributed by atoms with Gasteiger partial charge in [-0.05, 0) is 13.0 Å². The highest BCUT2D eigenvalue weighted by Crippen LogP contribution is 2.03. The van der Waals surface area contributed by atoms with E-state index in [0.29, 0.717) is 5.95 Å². The van der Waals surface area contributed by atoms with Gasteiger partial charge in [0.2, 0.25) is 11.9 Å². The topological polar surface area (TPSA) is 80.9 Å². The summed E-state index contributed by atoms with van der Waals surface area (Å²) >= 11 is 0. The van der Waals surface area contributed by atoms with E-state index in [-0.39, 0.29) is 17.9 Å². The summed E-state index contributed by atoms with van der Waals surface area (Å²) in [5.41, 5.74) is 5.59. The molecule has 76 valence electrons. The Morgan fingerprint density at radius 2 is 2.00 bits per heavy atom. The molecule has 0 saturated heterocycles. The summed E-state index contributed by atoms with van der Waals surface area (Å²) in [6, 6.07) is 1.50. The number of hydrogen-bond donors (Lipinski definition) is 2. The molecule has 0 aliphatic carbocycles. The molecule has 5 heteroatoms. The predicted molar refractivity (Wildman–Crippen MR) is 53.5 cm³/mol. The van der Waals surface area contributed by atoms with Gasteiger partial charge in [-0.2, -0.15) is 0 Å². The van der Waals surface area contributed by atoms with Crippen LogP contribution in [0.15, 0.2) is 18.5 Å². The van der Waals surface area contributed by atoms with Crippen LogP contribution < -0.4 is 11.1 Å². The van der Waals surface area contributed by atoms with Gasteiger partial charge in [-0.1, -0.05) is 6.92 Å². The zero-order valence-corrected chi connectivity index (χ0v) is 8.27. The van der Waals surface area contributed by atoms with Crippen molar-refractivity contribution >= 4 is 11.9 Å². The van der Waals surface area contributed by atoms with Crippen LogP contribution in [0.25, 0.3) is 0 Å². The van der Waals surface area contributed by atoms with Gasteiger partial charge < -0.3 is 5.73 Å². The monoisotopic (exact) mass is 194 g/mol. The third-order valence-electron chi connectivity index (χ3n) is 2.00. The molecular formula is C9H14N4O. The molecule has 0 aromatic carbocycles. The fraction of sp³-hybridized carbons (Fsp3) is 0.444. The largest absolute Gasteiger partial charge is 0.327 e. The van der Waals surface area contributed by atoms with Crippen molar-refractivity contribution in [1.82, 2.24) is 9.97 Å². The summed E-state index contributed by atoms with van der Waals surface area (Å²) in [5, 5.41) is 2.58. The number of carbonyl (C=O) groups is 1. The maximum absolute atomic E-state index is 11.5. The molecule has 5 nitrogen and oxygen atoms in total. The Balaban J connectivity index is 2.58. The van der Waals surface area contributed by atoms with Gasteiger partial charge in [0.05, 0.1) is 5.92 Å². The van der Waals surface area contributed by atoms with Crippen molar-refractivity contribution in [2.75, 3.05) is 5.32 Å². The molecular weight excluding hydrogens is 180 g/mol. The molecule has 1 aromatic heterocycles. The van der Waals surface area contributed by atoms with Crippen LogP contribution >= 0.6 is 0 Å². The minimum atomic E-state index is -0.251. The lowest BCUT2D eigenvalue weighted by Gasteiger charge is -2.13. The summed E-state index contributed by atoms with van der Waals surface area (Å²) in [7, 11) is 0. The maximum Gasteiger partial charge on any atom is 0.231 e. The van der Waals surface area contributed by atoms with E-state index in [9.17, 15) is 4.79 Å². The molecule has 0 aliphatic rings. The van der Waals surface area contributed by atoms with Gasteiger partial charge >= 0.3 is 0 Å². The van der Waals surface area contributed by atoms with Crippen molar-refractivity contribution in [2.45, 2.75) is 19.9 Å². The van der Waals surface area contributed by atoms with Gasteiger partial charge in [0.15, 0.2) is 0 Å². The fourth-order valence-corrected chi connectivity index (χ4v) is 0.826. The first kappa shape index (κ1) is 10.6. The highest BCUT2D eigenvalue weighted by Gasteiger charge is 2.17. The van der Waals surface area contributed by atoms with E-state index in [1.807, 2.05) is 0 Å². The van der Waals surface area contributed by atoms with E-state index in [1.165, 1.54) is 0 Å². The highest BCUT2D eigenvalue weighted by atomic mass is 16.2. The van der Waals surface area contributed by atoms with Crippen LogP contribution in [-0.2, 0) is 4.79 Å². The number of nitrogens with one attached hydrogen (secondary N) is 1. The first-order valence-electron chi connectivity index (χ1n) is 4.44. The zero-order chi connectivity index (χ0) is 10.6. The average molecular weight is 194 g/mol. The Morgan fingerprint density at radius 1 is 1.43 bits per heavy atom. The summed E-state index contributed by atoms with van der Waals surface area (Å²) in [5.74, 6) is -0.102. The summed E-state index contributed by atoms with van der Waals surface area (Å²) in [6.07, 6.45) is 3.14. The second kappa shape index (κ2) is 4.66. The quantitative estimate of drug-likeness (QED) is 0.729. The standard InChI is InChI=1S/C9H14N4O/c1-6(7(2)10)8(14)13-9-11-4-3-5-12-9/h3-7H,10H2,1-2H3,(H,11,12,13,14). The van der Waals surface area contributed by atoms with Crippen LogP contribution in [-0.4, -0.2) is 21.9 Å². The number of nitrogens with zero attached hydrogens (tertiary/aromatic N) is 2. The molecule has 0 radical (unpaired) electrons. The molecule has 3 N–H and O–H groups in total. The number of aromatic nitrogens is 2. The Bertz CT molecular complexity index is 299. The lowest BCUT2D eigenvalue weighted by Crippen LogP contribution is -2.34. The van der Waals surface area contributed by atoms with E-state index < -0.39 is 0 Å². The second-order valence-electron chi connectivity index (χ2n) is 3.21. The minimum Gasteiger partial charge on any atom is -0.327 e. The Labute approximate surface area is 82.7 Å². The molecule has 1 amide bonds. The smallest absolute Gasteiger partial charge is 0.231 e. The third-order valence-corrected chi connectivity index (χ3v) is 2.00. The average Bonchev–Trinajstić information content (AvgIpc) is 2.18. The van der Waals surface area contributed by atoms with E-state index in [1.54, 1.807) is 32.3 Å². The number of hydrogen-bond acceptors (Lipinski definition) is 4. The first-order chi connectivity index (χ1) is 6.61. The number of amides is 1.